The Labute approximate surface area is 112 Å². The number of hydrogen-bond acceptors (Lipinski definition) is 4. The highest BCUT2D eigenvalue weighted by Gasteiger charge is 2.07. The molecule has 0 saturated heterocycles. The molecule has 0 unspecified atom stereocenters. The molecule has 0 atom stereocenters. The van der Waals surface area contributed by atoms with Crippen LogP contribution in [0, 0.1) is 0 Å². The molecule has 2 aromatic rings. The lowest BCUT2D eigenvalue weighted by Crippen LogP contribution is -2.11. The largest absolute Gasteiger partial charge is 0.384 e. The summed E-state index contributed by atoms with van der Waals surface area (Å²) in [6.07, 6.45) is 1.66. The third kappa shape index (κ3) is 2.62. The average molecular weight is 310 g/mol. The van der Waals surface area contributed by atoms with Crippen molar-refractivity contribution >= 4 is 33.3 Å². The fourth-order valence-corrected chi connectivity index (χ4v) is 2.06. The Bertz CT molecular complexity index is 581. The second kappa shape index (κ2) is 5.09. The molecule has 0 aliphatic carbocycles. The van der Waals surface area contributed by atoms with Gasteiger partial charge in [-0.25, -0.2) is 0 Å². The molecule has 1 amide bonds. The number of carbonyl (C=O) groups is 1. The van der Waals surface area contributed by atoms with Crippen LogP contribution in [0.5, 0.6) is 0 Å². The van der Waals surface area contributed by atoms with Crippen LogP contribution in [0.3, 0.4) is 0 Å². The van der Waals surface area contributed by atoms with Gasteiger partial charge in [0.15, 0.2) is 0 Å². The van der Waals surface area contributed by atoms with Crippen molar-refractivity contribution in [2.24, 2.45) is 5.73 Å². The van der Waals surface area contributed by atoms with Gasteiger partial charge in [0, 0.05) is 22.3 Å². The normalized spacial score (nSPS) is 10.3. The number of benzene rings is 1. The molecule has 2 rings (SSSR count). The minimum atomic E-state index is -0.465. The zero-order valence-corrected chi connectivity index (χ0v) is 11.0. The van der Waals surface area contributed by atoms with E-state index >= 15 is 0 Å². The van der Waals surface area contributed by atoms with Crippen molar-refractivity contribution in [2.75, 3.05) is 11.1 Å². The predicted octanol–water partition coefficient (Wildman–Crippen LogP) is 1.47. The highest BCUT2D eigenvalue weighted by molar-refractivity contribution is 9.10. The highest BCUT2D eigenvalue weighted by Crippen LogP contribution is 2.22. The van der Waals surface area contributed by atoms with Crippen LogP contribution in [0.15, 0.2) is 28.9 Å². The van der Waals surface area contributed by atoms with Crippen molar-refractivity contribution in [3.8, 4) is 0 Å². The molecule has 0 radical (unpaired) electrons. The van der Waals surface area contributed by atoms with Crippen LogP contribution in [-0.2, 0) is 6.54 Å². The van der Waals surface area contributed by atoms with Gasteiger partial charge >= 0.3 is 0 Å². The van der Waals surface area contributed by atoms with Crippen molar-refractivity contribution in [3.05, 3.63) is 40.0 Å². The van der Waals surface area contributed by atoms with Crippen LogP contribution >= 0.6 is 15.9 Å². The maximum Gasteiger partial charge on any atom is 0.249 e. The van der Waals surface area contributed by atoms with Gasteiger partial charge in [-0.15, -0.1) is 0 Å². The molecule has 6 N–H and O–H groups in total. The van der Waals surface area contributed by atoms with Crippen LogP contribution in [0.25, 0.3) is 0 Å². The average Bonchev–Trinajstić information content (AvgIpc) is 2.72. The summed E-state index contributed by atoms with van der Waals surface area (Å²) in [5.74, 6) is 0.0721. The number of rotatable bonds is 4. The van der Waals surface area contributed by atoms with Gasteiger partial charge in [-0.2, -0.15) is 5.10 Å². The molecule has 1 heterocycles. The minimum absolute atomic E-state index is 0.448. The smallest absolute Gasteiger partial charge is 0.249 e. The summed E-state index contributed by atoms with van der Waals surface area (Å²) in [6, 6.07) is 5.23. The molecule has 0 aliphatic heterocycles. The first-order valence-corrected chi connectivity index (χ1v) is 5.98. The summed E-state index contributed by atoms with van der Waals surface area (Å²) in [6.45, 7) is 0.546. The number of hydrogen-bond donors (Lipinski definition) is 4. The number of amides is 1. The second-order valence-electron chi connectivity index (χ2n) is 3.72. The first-order valence-electron chi connectivity index (χ1n) is 5.19. The van der Waals surface area contributed by atoms with Crippen molar-refractivity contribution < 1.29 is 4.79 Å². The number of nitrogen functional groups attached to an aromatic ring is 1. The molecule has 0 aliphatic rings. The number of carbonyl (C=O) groups excluding carboxylic acids is 1. The molecule has 0 saturated carbocycles. The van der Waals surface area contributed by atoms with Crippen LogP contribution in [-0.4, -0.2) is 16.1 Å². The van der Waals surface area contributed by atoms with E-state index in [0.29, 0.717) is 22.4 Å². The molecule has 1 aromatic heterocycles. The molecule has 0 fully saturated rings. The maximum atomic E-state index is 11.1. The SMILES string of the molecule is NC(=O)c1ccc(NCc2cn[nH]c2N)cc1Br. The first kappa shape index (κ1) is 12.4. The van der Waals surface area contributed by atoms with Crippen molar-refractivity contribution in [1.82, 2.24) is 10.2 Å². The van der Waals surface area contributed by atoms with E-state index in [9.17, 15) is 4.79 Å². The van der Waals surface area contributed by atoms with Gasteiger partial charge in [-0.1, -0.05) is 0 Å². The van der Waals surface area contributed by atoms with E-state index in [1.165, 1.54) is 0 Å². The lowest BCUT2D eigenvalue weighted by molar-refractivity contribution is 0.0999. The number of H-pyrrole nitrogens is 1. The number of halogens is 1. The lowest BCUT2D eigenvalue weighted by Gasteiger charge is -2.07. The second-order valence-corrected chi connectivity index (χ2v) is 4.58. The van der Waals surface area contributed by atoms with Crippen LogP contribution in [0.2, 0.25) is 0 Å². The number of aromatic amines is 1. The number of anilines is 2. The predicted molar refractivity (Wildman–Crippen MR) is 73.0 cm³/mol. The van der Waals surface area contributed by atoms with Crippen molar-refractivity contribution in [2.45, 2.75) is 6.54 Å². The molecule has 6 nitrogen and oxygen atoms in total. The van der Waals surface area contributed by atoms with Crippen molar-refractivity contribution in [3.63, 3.8) is 0 Å². The monoisotopic (exact) mass is 309 g/mol. The Morgan fingerprint density at radius 2 is 2.28 bits per heavy atom. The summed E-state index contributed by atoms with van der Waals surface area (Å²) < 4.78 is 0.653. The summed E-state index contributed by atoms with van der Waals surface area (Å²) in [7, 11) is 0. The summed E-state index contributed by atoms with van der Waals surface area (Å²) in [5.41, 5.74) is 13.1. The molecule has 18 heavy (non-hydrogen) atoms. The Hall–Kier alpha value is -2.02. The lowest BCUT2D eigenvalue weighted by atomic mass is 10.2. The van der Waals surface area contributed by atoms with Crippen LogP contribution in [0.1, 0.15) is 15.9 Å². The van der Waals surface area contributed by atoms with Gasteiger partial charge in [0.1, 0.15) is 5.82 Å². The summed E-state index contributed by atoms with van der Waals surface area (Å²) >= 11 is 3.30. The molecular weight excluding hydrogens is 298 g/mol. The standard InChI is InChI=1S/C11H12BrN5O/c12-9-3-7(1-2-8(9)11(14)18)15-4-6-5-16-17-10(6)13/h1-3,5,15H,4H2,(H2,14,18)(H3,13,16,17). The van der Waals surface area contributed by atoms with Gasteiger partial charge in [0.2, 0.25) is 5.91 Å². The number of primary amides is 1. The van der Waals surface area contributed by atoms with E-state index in [1.807, 2.05) is 0 Å². The van der Waals surface area contributed by atoms with E-state index in [4.69, 9.17) is 11.5 Å². The molecule has 0 bridgehead atoms. The molecule has 94 valence electrons. The zero-order chi connectivity index (χ0) is 13.1. The van der Waals surface area contributed by atoms with Gasteiger partial charge in [-0.05, 0) is 34.1 Å². The van der Waals surface area contributed by atoms with E-state index in [0.717, 1.165) is 11.3 Å². The Morgan fingerprint density at radius 3 is 2.83 bits per heavy atom. The van der Waals surface area contributed by atoms with Gasteiger partial charge in [0.25, 0.3) is 0 Å². The summed E-state index contributed by atoms with van der Waals surface area (Å²) in [4.78, 5) is 11.1. The fourth-order valence-electron chi connectivity index (χ4n) is 1.48. The fraction of sp³-hybridized carbons (Fsp3) is 0.0909. The van der Waals surface area contributed by atoms with Gasteiger partial charge < -0.3 is 16.8 Å². The molecule has 0 spiro atoms. The topological polar surface area (TPSA) is 110 Å². The minimum Gasteiger partial charge on any atom is -0.384 e. The number of nitrogens with two attached hydrogens (primary N) is 2. The number of nitrogens with one attached hydrogen (secondary N) is 2. The quantitative estimate of drug-likeness (QED) is 0.685. The Balaban J connectivity index is 2.09. The van der Waals surface area contributed by atoms with E-state index < -0.39 is 5.91 Å². The molecule has 1 aromatic carbocycles. The number of aromatic nitrogens is 2. The highest BCUT2D eigenvalue weighted by atomic mass is 79.9. The zero-order valence-electron chi connectivity index (χ0n) is 9.40. The maximum absolute atomic E-state index is 11.1. The van der Waals surface area contributed by atoms with E-state index in [-0.39, 0.29) is 0 Å². The number of nitrogens with zero attached hydrogens (tertiary/aromatic N) is 1. The van der Waals surface area contributed by atoms with Crippen molar-refractivity contribution in [1.29, 1.82) is 0 Å². The van der Waals surface area contributed by atoms with E-state index in [1.54, 1.807) is 24.4 Å². The third-order valence-corrected chi connectivity index (χ3v) is 3.12. The third-order valence-electron chi connectivity index (χ3n) is 2.47. The van der Waals surface area contributed by atoms with Gasteiger partial charge in [-0.3, -0.25) is 9.89 Å². The Kier molecular flexibility index (Phi) is 3.52. The summed E-state index contributed by atoms with van der Waals surface area (Å²) in [5, 5.41) is 9.66. The Morgan fingerprint density at radius 1 is 1.50 bits per heavy atom. The van der Waals surface area contributed by atoms with Crippen LogP contribution in [0.4, 0.5) is 11.5 Å². The van der Waals surface area contributed by atoms with Gasteiger partial charge in [0.05, 0.1) is 11.8 Å². The molecular formula is C11H12BrN5O. The molecule has 7 heteroatoms. The van der Waals surface area contributed by atoms with E-state index in [2.05, 4.69) is 31.4 Å². The van der Waals surface area contributed by atoms with Crippen LogP contribution < -0.4 is 16.8 Å². The first-order chi connectivity index (χ1) is 8.58.